The predicted molar refractivity (Wildman–Crippen MR) is 91.2 cm³/mol. The molecule has 0 atom stereocenters. The molecule has 23 heavy (non-hydrogen) atoms. The number of nitrogens with one attached hydrogen (secondary N) is 1. The van der Waals surface area contributed by atoms with Crippen LogP contribution in [0.15, 0.2) is 46.2 Å². The Hall–Kier alpha value is -2.41. The Balaban J connectivity index is 2.11. The zero-order valence-electron chi connectivity index (χ0n) is 12.7. The van der Waals surface area contributed by atoms with Crippen molar-refractivity contribution in [3.05, 3.63) is 52.3 Å². The number of hydrogen-bond acceptors (Lipinski definition) is 5. The van der Waals surface area contributed by atoms with Gasteiger partial charge in [0.1, 0.15) is 0 Å². The lowest BCUT2D eigenvalue weighted by atomic mass is 10.2. The molecule has 0 saturated heterocycles. The van der Waals surface area contributed by atoms with Crippen LogP contribution in [0.1, 0.15) is 22.8 Å². The third kappa shape index (κ3) is 4.53. The molecule has 1 N–H and O–H groups in total. The number of halogens is 1. The summed E-state index contributed by atoms with van der Waals surface area (Å²) < 4.78 is 11.6. The first kappa shape index (κ1) is 17.0. The summed E-state index contributed by atoms with van der Waals surface area (Å²) in [5.41, 5.74) is 3.64. The first-order valence-electron chi connectivity index (χ1n) is 6.89. The lowest BCUT2D eigenvalue weighted by molar-refractivity contribution is 0.0955. The van der Waals surface area contributed by atoms with Gasteiger partial charge in [0.15, 0.2) is 11.5 Å². The van der Waals surface area contributed by atoms with E-state index in [-0.39, 0.29) is 5.91 Å². The number of rotatable bonds is 6. The van der Waals surface area contributed by atoms with Crippen molar-refractivity contribution >= 4 is 28.1 Å². The minimum absolute atomic E-state index is 0.327. The Labute approximate surface area is 142 Å². The molecule has 0 spiro atoms. The highest BCUT2D eigenvalue weighted by Gasteiger charge is 2.10. The smallest absolute Gasteiger partial charge is 0.272 e. The first-order chi connectivity index (χ1) is 11.2. The number of benzene rings is 1. The molecule has 2 rings (SSSR count). The number of hydrogen-bond donors (Lipinski definition) is 1. The van der Waals surface area contributed by atoms with Gasteiger partial charge in [0.2, 0.25) is 0 Å². The minimum atomic E-state index is -0.327. The highest BCUT2D eigenvalue weighted by molar-refractivity contribution is 9.10. The number of aromatic nitrogens is 1. The van der Waals surface area contributed by atoms with Crippen molar-refractivity contribution in [2.24, 2.45) is 5.10 Å². The van der Waals surface area contributed by atoms with Gasteiger partial charge in [-0.3, -0.25) is 9.78 Å². The van der Waals surface area contributed by atoms with Crippen molar-refractivity contribution in [1.82, 2.24) is 10.4 Å². The SMILES string of the molecule is CCOc1c(Br)cc(C=NNC(=O)c2cccnc2)cc1OC. The Morgan fingerprint density at radius 2 is 2.30 bits per heavy atom. The zero-order chi connectivity index (χ0) is 16.7. The first-order valence-corrected chi connectivity index (χ1v) is 7.68. The average molecular weight is 378 g/mol. The van der Waals surface area contributed by atoms with Crippen molar-refractivity contribution in [2.75, 3.05) is 13.7 Å². The topological polar surface area (TPSA) is 72.8 Å². The summed E-state index contributed by atoms with van der Waals surface area (Å²) in [5, 5.41) is 3.94. The lowest BCUT2D eigenvalue weighted by Gasteiger charge is -2.11. The van der Waals surface area contributed by atoms with Crippen LogP contribution in [0.25, 0.3) is 0 Å². The number of hydrazone groups is 1. The fourth-order valence-electron chi connectivity index (χ4n) is 1.83. The van der Waals surface area contributed by atoms with Crippen molar-refractivity contribution in [2.45, 2.75) is 6.92 Å². The number of carbonyl (C=O) groups is 1. The van der Waals surface area contributed by atoms with Crippen molar-refractivity contribution < 1.29 is 14.3 Å². The minimum Gasteiger partial charge on any atom is -0.493 e. The fourth-order valence-corrected chi connectivity index (χ4v) is 2.40. The zero-order valence-corrected chi connectivity index (χ0v) is 14.3. The largest absolute Gasteiger partial charge is 0.493 e. The Morgan fingerprint density at radius 3 is 2.96 bits per heavy atom. The molecule has 6 nitrogen and oxygen atoms in total. The van der Waals surface area contributed by atoms with Gasteiger partial charge in [0.05, 0.1) is 30.0 Å². The van der Waals surface area contributed by atoms with Crippen LogP contribution in [0.3, 0.4) is 0 Å². The van der Waals surface area contributed by atoms with Gasteiger partial charge < -0.3 is 9.47 Å². The third-order valence-corrected chi connectivity index (χ3v) is 3.43. The summed E-state index contributed by atoms with van der Waals surface area (Å²) in [7, 11) is 1.56. The lowest BCUT2D eigenvalue weighted by Crippen LogP contribution is -2.17. The summed E-state index contributed by atoms with van der Waals surface area (Å²) in [4.78, 5) is 15.7. The molecule has 0 radical (unpaired) electrons. The highest BCUT2D eigenvalue weighted by Crippen LogP contribution is 2.36. The Morgan fingerprint density at radius 1 is 1.48 bits per heavy atom. The summed E-state index contributed by atoms with van der Waals surface area (Å²) in [6.45, 7) is 2.43. The summed E-state index contributed by atoms with van der Waals surface area (Å²) in [6, 6.07) is 6.95. The molecule has 0 aliphatic heterocycles. The Bertz CT molecular complexity index is 705. The van der Waals surface area contributed by atoms with E-state index in [2.05, 4.69) is 31.4 Å². The van der Waals surface area contributed by atoms with Crippen LogP contribution >= 0.6 is 15.9 Å². The molecule has 1 aromatic carbocycles. The van der Waals surface area contributed by atoms with Crippen molar-refractivity contribution in [3.8, 4) is 11.5 Å². The van der Waals surface area contributed by atoms with E-state index < -0.39 is 0 Å². The molecule has 0 aliphatic rings. The van der Waals surface area contributed by atoms with E-state index in [1.807, 2.05) is 13.0 Å². The summed E-state index contributed by atoms with van der Waals surface area (Å²) in [5.74, 6) is 0.888. The number of methoxy groups -OCH3 is 1. The molecule has 0 bridgehead atoms. The summed E-state index contributed by atoms with van der Waals surface area (Å²) >= 11 is 3.44. The van der Waals surface area contributed by atoms with E-state index in [1.165, 1.54) is 12.4 Å². The van der Waals surface area contributed by atoms with Gasteiger partial charge >= 0.3 is 0 Å². The molecule has 1 heterocycles. The number of ether oxygens (including phenoxy) is 2. The molecule has 0 unspecified atom stereocenters. The van der Waals surface area contributed by atoms with Gasteiger partial charge in [-0.05, 0) is 52.7 Å². The van der Waals surface area contributed by atoms with E-state index >= 15 is 0 Å². The molecule has 2 aromatic rings. The molecular weight excluding hydrogens is 362 g/mol. The van der Waals surface area contributed by atoms with Gasteiger partial charge in [-0.1, -0.05) is 0 Å². The van der Waals surface area contributed by atoms with Crippen LogP contribution in [0.2, 0.25) is 0 Å². The monoisotopic (exact) mass is 377 g/mol. The predicted octanol–water partition coefficient (Wildman–Crippen LogP) is 3.02. The van der Waals surface area contributed by atoms with Gasteiger partial charge in [0.25, 0.3) is 5.91 Å². The molecule has 120 valence electrons. The van der Waals surface area contributed by atoms with Crippen LogP contribution in [-0.2, 0) is 0 Å². The Kier molecular flexibility index (Phi) is 6.10. The van der Waals surface area contributed by atoms with Crippen molar-refractivity contribution in [3.63, 3.8) is 0 Å². The van der Waals surface area contributed by atoms with Gasteiger partial charge in [-0.15, -0.1) is 0 Å². The van der Waals surface area contributed by atoms with Crippen LogP contribution in [-0.4, -0.2) is 30.8 Å². The van der Waals surface area contributed by atoms with Gasteiger partial charge in [-0.2, -0.15) is 5.10 Å². The normalized spacial score (nSPS) is 10.6. The molecule has 1 aromatic heterocycles. The number of amides is 1. The molecule has 0 aliphatic carbocycles. The van der Waals surface area contributed by atoms with E-state index in [0.717, 1.165) is 10.0 Å². The van der Waals surface area contributed by atoms with Crippen LogP contribution in [0.4, 0.5) is 0 Å². The van der Waals surface area contributed by atoms with E-state index in [1.54, 1.807) is 31.5 Å². The quantitative estimate of drug-likeness (QED) is 0.620. The highest BCUT2D eigenvalue weighted by atomic mass is 79.9. The third-order valence-electron chi connectivity index (χ3n) is 2.84. The van der Waals surface area contributed by atoms with Crippen molar-refractivity contribution in [1.29, 1.82) is 0 Å². The van der Waals surface area contributed by atoms with Gasteiger partial charge in [0, 0.05) is 12.4 Å². The standard InChI is InChI=1S/C16H16BrN3O3/c1-3-23-15-13(17)7-11(8-14(15)22-2)9-19-20-16(21)12-5-4-6-18-10-12/h4-10H,3H2,1-2H3,(H,20,21). The van der Waals surface area contributed by atoms with E-state index in [4.69, 9.17) is 9.47 Å². The maximum Gasteiger partial charge on any atom is 0.272 e. The second-order valence-electron chi connectivity index (χ2n) is 4.41. The maximum atomic E-state index is 11.8. The summed E-state index contributed by atoms with van der Waals surface area (Å²) in [6.07, 6.45) is 4.60. The molecule has 7 heteroatoms. The van der Waals surface area contributed by atoms with Crippen LogP contribution < -0.4 is 14.9 Å². The average Bonchev–Trinajstić information content (AvgIpc) is 2.57. The van der Waals surface area contributed by atoms with Crippen LogP contribution in [0, 0.1) is 0 Å². The van der Waals surface area contributed by atoms with Crippen LogP contribution in [0.5, 0.6) is 11.5 Å². The van der Waals surface area contributed by atoms with E-state index in [0.29, 0.717) is 23.7 Å². The van der Waals surface area contributed by atoms with E-state index in [9.17, 15) is 4.79 Å². The molecule has 0 saturated carbocycles. The second kappa shape index (κ2) is 8.28. The number of nitrogens with zero attached hydrogens (tertiary/aromatic N) is 2. The second-order valence-corrected chi connectivity index (χ2v) is 5.26. The number of pyridine rings is 1. The fraction of sp³-hybridized carbons (Fsp3) is 0.188. The van der Waals surface area contributed by atoms with Gasteiger partial charge in [-0.25, -0.2) is 5.43 Å². The molecule has 0 fully saturated rings. The maximum absolute atomic E-state index is 11.8. The number of carbonyl (C=O) groups excluding carboxylic acids is 1. The molecular formula is C16H16BrN3O3. The molecule has 1 amide bonds.